The molecule has 6 unspecified atom stereocenters. The molecular weight excluding hydrogens is 696 g/mol. The van der Waals surface area contributed by atoms with Crippen LogP contribution in [-0.2, 0) is 17.1 Å². The van der Waals surface area contributed by atoms with Crippen molar-refractivity contribution >= 4 is 29.2 Å². The van der Waals surface area contributed by atoms with Crippen molar-refractivity contribution in [2.24, 2.45) is 44.1 Å². The fraction of sp³-hybridized carbons (Fsp3) is 0.639. The molecule has 8 rings (SSSR count). The van der Waals surface area contributed by atoms with Gasteiger partial charge >= 0.3 is 17.1 Å². The van der Waals surface area contributed by atoms with Crippen LogP contribution in [-0.4, -0.2) is 66.3 Å². The number of pyridine rings is 1. The van der Waals surface area contributed by atoms with Crippen molar-refractivity contribution in [1.82, 2.24) is 16.0 Å². The summed E-state index contributed by atoms with van der Waals surface area (Å²) in [5.74, 6) is 7.79. The molecule has 2 saturated carbocycles. The molecule has 0 spiro atoms. The fourth-order valence-corrected chi connectivity index (χ4v) is 8.18. The van der Waals surface area contributed by atoms with E-state index in [1.54, 1.807) is 0 Å². The number of nitrogens with zero attached hydrogens (tertiary/aromatic N) is 6. The summed E-state index contributed by atoms with van der Waals surface area (Å²) in [5, 5.41) is 43.9. The molecular formula is C36H58CuN12O2+2. The van der Waals surface area contributed by atoms with Crippen LogP contribution in [0.4, 0.5) is 5.82 Å². The second-order valence-corrected chi connectivity index (χ2v) is 14.1. The quantitative estimate of drug-likeness (QED) is 0.293. The average molecular weight is 754 g/mol. The summed E-state index contributed by atoms with van der Waals surface area (Å²) in [6.45, 7) is 2.95. The Labute approximate surface area is 312 Å². The number of allylic oxidation sites excluding steroid dienone is 2. The topological polar surface area (TPSA) is 220 Å². The SMILES string of the molecule is C1=CC[N-]C(NC2=NN=C(Nc3cccc[nH+]3)C3CCCCC23)=C1.C1CCC(NC2=NN=C(NC3CCCC[NH2+]3)C3CCCCC23)[N-]C1.O.O.[Cu+2]. The van der Waals surface area contributed by atoms with Crippen LogP contribution in [0.3, 0.4) is 0 Å². The number of piperidine rings is 2. The number of anilines is 1. The number of hydrogen-bond donors (Lipinski definition) is 5. The van der Waals surface area contributed by atoms with Crippen LogP contribution in [0.25, 0.3) is 10.6 Å². The molecule has 0 aromatic carbocycles. The first-order valence-electron chi connectivity index (χ1n) is 18.7. The number of quaternary nitrogens is 1. The Kier molecular flexibility index (Phi) is 16.4. The van der Waals surface area contributed by atoms with Crippen LogP contribution in [0, 0.1) is 23.7 Å². The number of fused-ring (bicyclic) bond motifs is 2. The average Bonchev–Trinajstić information content (AvgIpc) is 3.16. The number of nitrogens with one attached hydrogen (secondary N) is 5. The molecule has 4 fully saturated rings. The van der Waals surface area contributed by atoms with E-state index in [4.69, 9.17) is 5.32 Å². The van der Waals surface area contributed by atoms with Gasteiger partial charge in [-0.15, -0.1) is 21.8 Å². The molecule has 1 radical (unpaired) electrons. The van der Waals surface area contributed by atoms with Gasteiger partial charge in [0.1, 0.15) is 11.7 Å². The van der Waals surface area contributed by atoms with E-state index in [0.29, 0.717) is 29.8 Å². The molecule has 11 N–H and O–H groups in total. The van der Waals surface area contributed by atoms with Gasteiger partial charge in [-0.1, -0.05) is 81.2 Å². The Hall–Kier alpha value is -3.33. The molecule has 14 nitrogen and oxygen atoms in total. The number of rotatable bonds is 4. The minimum absolute atomic E-state index is 0. The molecule has 15 heteroatoms. The van der Waals surface area contributed by atoms with E-state index in [0.717, 1.165) is 67.3 Å². The number of amidine groups is 4. The van der Waals surface area contributed by atoms with E-state index in [9.17, 15) is 0 Å². The molecule has 2 aliphatic carbocycles. The van der Waals surface area contributed by atoms with Crippen molar-refractivity contribution in [1.29, 1.82) is 0 Å². The van der Waals surface area contributed by atoms with E-state index >= 15 is 0 Å². The third kappa shape index (κ3) is 10.8. The number of hydrogen-bond acceptors (Lipinski definition) is 8. The van der Waals surface area contributed by atoms with Gasteiger partial charge in [0.2, 0.25) is 5.84 Å². The Morgan fingerprint density at radius 2 is 1.31 bits per heavy atom. The van der Waals surface area contributed by atoms with Gasteiger partial charge in [-0.2, -0.15) is 5.10 Å². The van der Waals surface area contributed by atoms with Crippen LogP contribution in [0.1, 0.15) is 89.9 Å². The van der Waals surface area contributed by atoms with Crippen molar-refractivity contribution in [2.75, 3.05) is 25.0 Å². The van der Waals surface area contributed by atoms with Gasteiger partial charge in [-0.05, 0) is 51.1 Å². The van der Waals surface area contributed by atoms with Crippen molar-refractivity contribution in [3.05, 3.63) is 59.1 Å². The summed E-state index contributed by atoms with van der Waals surface area (Å²) < 4.78 is 0. The second kappa shape index (κ2) is 20.6. The van der Waals surface area contributed by atoms with Crippen molar-refractivity contribution in [2.45, 2.75) is 102 Å². The van der Waals surface area contributed by atoms with E-state index in [1.807, 2.05) is 42.6 Å². The molecule has 0 amide bonds. The third-order valence-electron chi connectivity index (χ3n) is 10.8. The molecule has 6 heterocycles. The van der Waals surface area contributed by atoms with Crippen molar-refractivity contribution < 1.29 is 38.3 Å². The third-order valence-corrected chi connectivity index (χ3v) is 10.8. The molecule has 0 bridgehead atoms. The van der Waals surface area contributed by atoms with E-state index < -0.39 is 0 Å². The zero-order chi connectivity index (χ0) is 32.4. The van der Waals surface area contributed by atoms with Gasteiger partial charge in [0, 0.05) is 36.2 Å². The van der Waals surface area contributed by atoms with E-state index in [2.05, 4.69) is 57.3 Å². The number of aromatic nitrogens is 1. The van der Waals surface area contributed by atoms with E-state index in [1.165, 1.54) is 77.2 Å². The first-order chi connectivity index (χ1) is 23.8. The van der Waals surface area contributed by atoms with Gasteiger partial charge in [-0.25, -0.2) is 10.3 Å². The molecule has 7 aliphatic rings. The summed E-state index contributed by atoms with van der Waals surface area (Å²) in [5.41, 5.74) is 0. The summed E-state index contributed by atoms with van der Waals surface area (Å²) in [6.07, 6.45) is 26.1. The number of aromatic amines is 1. The molecule has 1 aromatic rings. The zero-order valence-corrected chi connectivity index (χ0v) is 30.5. The normalized spacial score (nSPS) is 29.5. The maximum absolute atomic E-state index is 4.71. The monoisotopic (exact) mass is 753 g/mol. The molecule has 1 aromatic heterocycles. The fourth-order valence-electron chi connectivity index (χ4n) is 8.18. The Morgan fingerprint density at radius 1 is 0.686 bits per heavy atom. The van der Waals surface area contributed by atoms with Crippen molar-refractivity contribution in [3.8, 4) is 0 Å². The van der Waals surface area contributed by atoms with Crippen molar-refractivity contribution in [3.63, 3.8) is 0 Å². The summed E-state index contributed by atoms with van der Waals surface area (Å²) >= 11 is 0. The molecule has 51 heavy (non-hydrogen) atoms. The first kappa shape index (κ1) is 40.4. The Bertz CT molecular complexity index is 1360. The second-order valence-electron chi connectivity index (χ2n) is 14.1. The van der Waals surface area contributed by atoms with Crippen LogP contribution in [0.5, 0.6) is 0 Å². The van der Waals surface area contributed by atoms with Crippen LogP contribution in [0.15, 0.2) is 68.9 Å². The molecule has 283 valence electrons. The zero-order valence-electron chi connectivity index (χ0n) is 29.6. The smallest absolute Gasteiger partial charge is 0.642 e. The van der Waals surface area contributed by atoms with Gasteiger partial charge in [0.25, 0.3) is 5.82 Å². The minimum Gasteiger partial charge on any atom is -0.642 e. The van der Waals surface area contributed by atoms with Gasteiger partial charge in [-0.3, -0.25) is 0 Å². The first-order valence-corrected chi connectivity index (χ1v) is 18.7. The largest absolute Gasteiger partial charge is 2.00 e. The molecule has 2 saturated heterocycles. The molecule has 6 atom stereocenters. The van der Waals surface area contributed by atoms with Crippen LogP contribution < -0.4 is 31.6 Å². The van der Waals surface area contributed by atoms with Crippen LogP contribution >= 0.6 is 0 Å². The predicted octanol–water partition coefficient (Wildman–Crippen LogP) is 2.82. The van der Waals surface area contributed by atoms with E-state index in [-0.39, 0.29) is 34.2 Å². The maximum Gasteiger partial charge on any atom is 2.00 e. The Morgan fingerprint density at radius 3 is 1.90 bits per heavy atom. The molecule has 5 aliphatic heterocycles. The minimum atomic E-state index is 0. The summed E-state index contributed by atoms with van der Waals surface area (Å²) in [6, 6.07) is 5.98. The number of nitrogens with two attached hydrogens (primary N) is 1. The Balaban J connectivity index is 0.000000216. The van der Waals surface area contributed by atoms with Gasteiger partial charge in [0.15, 0.2) is 6.17 Å². The van der Waals surface area contributed by atoms with Crippen LogP contribution in [0.2, 0.25) is 0 Å². The van der Waals surface area contributed by atoms with Gasteiger partial charge < -0.3 is 42.9 Å². The standard InChI is InChI=1S/C18H31N6.C18H21N6.Cu.2H2O/c2*1-2-8-14-13(7-1)17(21-15-9-3-5-11-19-15)23-24-18(14)22-16-10-4-6-12-20-16;;;/h13-16,19H,1-12H2,(H,21,23)(H,22,24);3-6,9-11,13-14H,1-2,7-8,12H2,(H,22,24)(H,19,21,23);;2*1H2/q2*-1;+2;;/p+2. The summed E-state index contributed by atoms with van der Waals surface area (Å²) in [4.78, 5) is 3.20. The van der Waals surface area contributed by atoms with Gasteiger partial charge in [0.05, 0.1) is 18.6 Å². The summed E-state index contributed by atoms with van der Waals surface area (Å²) in [7, 11) is 0. The maximum atomic E-state index is 4.71. The predicted molar refractivity (Wildman–Crippen MR) is 200 cm³/mol. The number of H-pyrrole nitrogens is 1.